The predicted octanol–water partition coefficient (Wildman–Crippen LogP) is 4.48. The molecule has 0 spiro atoms. The molecule has 3 rings (SSSR count). The number of hydrazone groups is 1. The minimum absolute atomic E-state index is 0.345. The molecule has 1 aromatic heterocycles. The molecule has 0 bridgehead atoms. The highest BCUT2D eigenvalue weighted by Gasteiger charge is 2.07. The molecule has 0 saturated heterocycles. The Morgan fingerprint density at radius 3 is 2.56 bits per heavy atom. The molecule has 3 N–H and O–H groups in total. The fourth-order valence-electron chi connectivity index (χ4n) is 2.71. The molecule has 34 heavy (non-hydrogen) atoms. The van der Waals surface area contributed by atoms with Crippen molar-refractivity contribution in [3.8, 4) is 11.5 Å². The zero-order valence-corrected chi connectivity index (χ0v) is 18.3. The first-order chi connectivity index (χ1) is 16.5. The lowest BCUT2D eigenvalue weighted by Gasteiger charge is -2.10. The normalized spacial score (nSPS) is 11.5. The van der Waals surface area contributed by atoms with Crippen LogP contribution in [0.25, 0.3) is 6.08 Å². The number of anilines is 2. The Hall–Kier alpha value is -4.79. The zero-order valence-electron chi connectivity index (χ0n) is 18.3. The lowest BCUT2D eigenvalue weighted by Crippen LogP contribution is -2.14. The maximum Gasteiger partial charge on any atom is 0.251 e. The summed E-state index contributed by atoms with van der Waals surface area (Å²) >= 11 is 0. The lowest BCUT2D eigenvalue weighted by atomic mass is 10.2. The molecule has 2 amide bonds. The Morgan fingerprint density at radius 1 is 1.15 bits per heavy atom. The van der Waals surface area contributed by atoms with E-state index in [-0.39, 0.29) is 5.91 Å². The fourth-order valence-corrected chi connectivity index (χ4v) is 2.71. The molecule has 0 radical (unpaired) electrons. The van der Waals surface area contributed by atoms with Crippen LogP contribution in [-0.4, -0.2) is 23.5 Å². The van der Waals surface area contributed by atoms with Gasteiger partial charge in [-0.25, -0.2) is 9.40 Å². The van der Waals surface area contributed by atoms with Crippen LogP contribution in [0.15, 0.2) is 89.8 Å². The third-order valence-electron chi connectivity index (χ3n) is 4.46. The van der Waals surface area contributed by atoms with Crippen molar-refractivity contribution in [1.82, 2.24) is 4.98 Å². The molecule has 172 valence electrons. The number of aromatic nitrogens is 1. The first kappa shape index (κ1) is 23.9. The maximum atomic E-state index is 13.0. The summed E-state index contributed by atoms with van der Waals surface area (Å²) in [6.07, 6.45) is 7.91. The van der Waals surface area contributed by atoms with E-state index in [4.69, 9.17) is 10.5 Å². The van der Waals surface area contributed by atoms with Gasteiger partial charge >= 0.3 is 0 Å². The number of rotatable bonds is 9. The standard InChI is InChI=1S/C25H22FN5O3/c1-18(13-16-29-31(17-32)21-8-4-19(26)5-9-21)25(33)30-20-6-10-22(11-7-20)34-24-3-2-15-28-23(24)12-14-27/h2-17H,27H2,1H3,(H,30,33)/b14-12?,18-13+,29-16-. The number of ether oxygens (including phenoxy) is 1. The molecule has 1 heterocycles. The van der Waals surface area contributed by atoms with Crippen LogP contribution in [0.3, 0.4) is 0 Å². The summed E-state index contributed by atoms with van der Waals surface area (Å²) in [5.74, 6) is 0.342. The number of amides is 2. The highest BCUT2D eigenvalue weighted by Crippen LogP contribution is 2.26. The summed E-state index contributed by atoms with van der Waals surface area (Å²) in [6, 6.07) is 15.6. The van der Waals surface area contributed by atoms with E-state index in [2.05, 4.69) is 15.4 Å². The summed E-state index contributed by atoms with van der Waals surface area (Å²) in [4.78, 5) is 27.9. The van der Waals surface area contributed by atoms with Crippen LogP contribution in [0.5, 0.6) is 11.5 Å². The quantitative estimate of drug-likeness (QED) is 0.212. The molecule has 3 aromatic rings. The van der Waals surface area contributed by atoms with E-state index in [1.807, 2.05) is 0 Å². The number of allylic oxidation sites excluding steroid dienone is 1. The van der Waals surface area contributed by atoms with E-state index < -0.39 is 5.82 Å². The van der Waals surface area contributed by atoms with Crippen molar-refractivity contribution < 1.29 is 18.7 Å². The second-order valence-corrected chi connectivity index (χ2v) is 6.87. The number of pyridine rings is 1. The number of benzene rings is 2. The van der Waals surface area contributed by atoms with Gasteiger partial charge in [-0.05, 0) is 85.9 Å². The number of carbonyl (C=O) groups is 2. The van der Waals surface area contributed by atoms with Crippen LogP contribution < -0.4 is 20.8 Å². The van der Waals surface area contributed by atoms with Crippen LogP contribution in [0.2, 0.25) is 0 Å². The number of hydrogen-bond acceptors (Lipinski definition) is 6. The molecule has 8 nitrogen and oxygen atoms in total. The molecular formula is C25H22FN5O3. The first-order valence-corrected chi connectivity index (χ1v) is 10.1. The first-order valence-electron chi connectivity index (χ1n) is 10.1. The maximum absolute atomic E-state index is 13.0. The Bertz CT molecular complexity index is 1220. The third-order valence-corrected chi connectivity index (χ3v) is 4.46. The van der Waals surface area contributed by atoms with Crippen molar-refractivity contribution in [2.75, 3.05) is 10.3 Å². The predicted molar refractivity (Wildman–Crippen MR) is 130 cm³/mol. The van der Waals surface area contributed by atoms with E-state index in [1.165, 1.54) is 42.8 Å². The van der Waals surface area contributed by atoms with Gasteiger partial charge in [-0.15, -0.1) is 0 Å². The Morgan fingerprint density at radius 2 is 1.88 bits per heavy atom. The number of nitrogens with one attached hydrogen (secondary N) is 1. The minimum atomic E-state index is -0.420. The number of nitrogens with two attached hydrogens (primary N) is 1. The van der Waals surface area contributed by atoms with Crippen LogP contribution in [0.1, 0.15) is 12.6 Å². The van der Waals surface area contributed by atoms with Crippen molar-refractivity contribution in [3.05, 3.63) is 96.2 Å². The summed E-state index contributed by atoms with van der Waals surface area (Å²) < 4.78 is 18.9. The highest BCUT2D eigenvalue weighted by molar-refractivity contribution is 6.05. The smallest absolute Gasteiger partial charge is 0.251 e. The molecular weight excluding hydrogens is 437 g/mol. The Balaban J connectivity index is 1.60. The van der Waals surface area contributed by atoms with Gasteiger partial charge < -0.3 is 15.8 Å². The van der Waals surface area contributed by atoms with Gasteiger partial charge in [-0.3, -0.25) is 14.6 Å². The minimum Gasteiger partial charge on any atom is -0.455 e. The van der Waals surface area contributed by atoms with Gasteiger partial charge in [0, 0.05) is 23.7 Å². The zero-order chi connectivity index (χ0) is 24.3. The SMILES string of the molecule is C/C(=C\C=N/N(C=O)c1ccc(F)cc1)C(=O)Nc1ccc(Oc2cccnc2C=CN)cc1. The van der Waals surface area contributed by atoms with Crippen LogP contribution in [-0.2, 0) is 9.59 Å². The third kappa shape index (κ3) is 6.60. The summed E-state index contributed by atoms with van der Waals surface area (Å²) in [5.41, 5.74) is 7.35. The number of halogens is 1. The Labute approximate surface area is 195 Å². The van der Waals surface area contributed by atoms with Gasteiger partial charge in [-0.1, -0.05) is 0 Å². The van der Waals surface area contributed by atoms with E-state index in [0.717, 1.165) is 5.01 Å². The number of carbonyl (C=O) groups excluding carboxylic acids is 2. The van der Waals surface area contributed by atoms with Gasteiger partial charge in [0.05, 0.1) is 5.69 Å². The van der Waals surface area contributed by atoms with Crippen LogP contribution in [0, 0.1) is 5.82 Å². The van der Waals surface area contributed by atoms with E-state index in [0.29, 0.717) is 40.6 Å². The van der Waals surface area contributed by atoms with Gasteiger partial charge in [0.2, 0.25) is 6.41 Å². The average Bonchev–Trinajstić information content (AvgIpc) is 2.85. The van der Waals surface area contributed by atoms with Gasteiger partial charge in [-0.2, -0.15) is 5.10 Å². The molecule has 0 atom stereocenters. The van der Waals surface area contributed by atoms with Crippen molar-refractivity contribution in [3.63, 3.8) is 0 Å². The van der Waals surface area contributed by atoms with Crippen molar-refractivity contribution in [2.24, 2.45) is 10.8 Å². The second kappa shape index (κ2) is 11.7. The van der Waals surface area contributed by atoms with Gasteiger partial charge in [0.15, 0.2) is 5.75 Å². The van der Waals surface area contributed by atoms with Crippen molar-refractivity contribution in [2.45, 2.75) is 6.92 Å². The van der Waals surface area contributed by atoms with E-state index in [1.54, 1.807) is 55.6 Å². The highest BCUT2D eigenvalue weighted by atomic mass is 19.1. The van der Waals surface area contributed by atoms with Crippen molar-refractivity contribution >= 4 is 36.0 Å². The summed E-state index contributed by atoms with van der Waals surface area (Å²) in [6.45, 7) is 1.61. The summed E-state index contributed by atoms with van der Waals surface area (Å²) in [5, 5.41) is 7.76. The monoisotopic (exact) mass is 459 g/mol. The molecule has 0 saturated carbocycles. The molecule has 2 aromatic carbocycles. The molecule has 0 aliphatic carbocycles. The summed E-state index contributed by atoms with van der Waals surface area (Å²) in [7, 11) is 0. The molecule has 0 unspecified atom stereocenters. The Kier molecular flexibility index (Phi) is 8.23. The number of hydrogen-bond donors (Lipinski definition) is 2. The largest absolute Gasteiger partial charge is 0.455 e. The molecule has 9 heteroatoms. The van der Waals surface area contributed by atoms with E-state index in [9.17, 15) is 14.0 Å². The number of nitrogens with zero attached hydrogens (tertiary/aromatic N) is 3. The molecule has 0 aliphatic heterocycles. The molecule has 0 fully saturated rings. The average molecular weight is 459 g/mol. The van der Waals surface area contributed by atoms with Crippen LogP contribution in [0.4, 0.5) is 15.8 Å². The lowest BCUT2D eigenvalue weighted by molar-refractivity contribution is -0.112. The van der Waals surface area contributed by atoms with Crippen LogP contribution >= 0.6 is 0 Å². The van der Waals surface area contributed by atoms with Crippen molar-refractivity contribution in [1.29, 1.82) is 0 Å². The second-order valence-electron chi connectivity index (χ2n) is 6.87. The molecule has 0 aliphatic rings. The van der Waals surface area contributed by atoms with E-state index >= 15 is 0 Å². The van der Waals surface area contributed by atoms with Gasteiger partial charge in [0.25, 0.3) is 5.91 Å². The van der Waals surface area contributed by atoms with Gasteiger partial charge in [0.1, 0.15) is 17.3 Å². The topological polar surface area (TPSA) is 110 Å². The fraction of sp³-hybridized carbons (Fsp3) is 0.0400.